The van der Waals surface area contributed by atoms with Gasteiger partial charge in [0.05, 0.1) is 0 Å². The SMILES string of the molecule is CC.CN(NC(=O)CC(=O)NN(C)C(=S)c1ccccc1)C(=S)C1=CCCC=C1. The number of nitrogens with zero attached hydrogens (tertiary/aromatic N) is 2. The molecule has 2 amide bonds. The van der Waals surface area contributed by atoms with E-state index >= 15 is 0 Å². The Labute approximate surface area is 183 Å². The second-order valence-corrected chi connectivity index (χ2v) is 6.75. The van der Waals surface area contributed by atoms with E-state index in [0.29, 0.717) is 9.98 Å². The molecule has 6 nitrogen and oxygen atoms in total. The highest BCUT2D eigenvalue weighted by molar-refractivity contribution is 7.81. The summed E-state index contributed by atoms with van der Waals surface area (Å²) in [6.07, 6.45) is 7.56. The fraction of sp³-hybridized carbons (Fsp3) is 0.333. The molecule has 1 aromatic carbocycles. The summed E-state index contributed by atoms with van der Waals surface area (Å²) in [4.78, 5) is 25.2. The number of hydrogen-bond acceptors (Lipinski definition) is 4. The lowest BCUT2D eigenvalue weighted by molar-refractivity contribution is -0.132. The van der Waals surface area contributed by atoms with E-state index in [-0.39, 0.29) is 6.42 Å². The Balaban J connectivity index is 0.00000204. The third-order valence-electron chi connectivity index (χ3n) is 3.78. The molecule has 1 aliphatic carbocycles. The number of likely N-dealkylation sites (N-methyl/N-ethyl adjacent to an activating group) is 1. The molecule has 0 aromatic heterocycles. The average molecular weight is 433 g/mol. The number of carbonyl (C=O) groups excluding carboxylic acids is 2. The molecule has 0 saturated carbocycles. The maximum atomic E-state index is 12.1. The van der Waals surface area contributed by atoms with Gasteiger partial charge in [-0.1, -0.05) is 86.8 Å². The number of amides is 2. The van der Waals surface area contributed by atoms with Gasteiger partial charge in [-0.2, -0.15) is 0 Å². The van der Waals surface area contributed by atoms with Crippen molar-refractivity contribution in [3.63, 3.8) is 0 Å². The predicted molar refractivity (Wildman–Crippen MR) is 125 cm³/mol. The minimum absolute atomic E-state index is 0.344. The maximum Gasteiger partial charge on any atom is 0.248 e. The molecule has 2 rings (SSSR count). The largest absolute Gasteiger partial charge is 0.277 e. The van der Waals surface area contributed by atoms with Crippen molar-refractivity contribution in [1.29, 1.82) is 0 Å². The van der Waals surface area contributed by atoms with Crippen LogP contribution in [0.3, 0.4) is 0 Å². The van der Waals surface area contributed by atoms with Gasteiger partial charge in [-0.25, -0.2) is 0 Å². The summed E-state index contributed by atoms with van der Waals surface area (Å²) in [5.41, 5.74) is 6.89. The van der Waals surface area contributed by atoms with E-state index < -0.39 is 11.8 Å². The van der Waals surface area contributed by atoms with Crippen LogP contribution in [-0.2, 0) is 9.59 Å². The number of carbonyl (C=O) groups is 2. The molecule has 1 aliphatic rings. The van der Waals surface area contributed by atoms with Gasteiger partial charge in [0.15, 0.2) is 0 Å². The van der Waals surface area contributed by atoms with E-state index in [0.717, 1.165) is 24.0 Å². The molecule has 0 unspecified atom stereocenters. The zero-order valence-electron chi connectivity index (χ0n) is 17.3. The molecule has 0 radical (unpaired) electrons. The highest BCUT2D eigenvalue weighted by Gasteiger charge is 2.17. The number of benzene rings is 1. The fourth-order valence-electron chi connectivity index (χ4n) is 2.44. The van der Waals surface area contributed by atoms with Crippen LogP contribution in [0.15, 0.2) is 54.1 Å². The summed E-state index contributed by atoms with van der Waals surface area (Å²) in [5, 5.41) is 2.87. The number of thiocarbonyl (C=S) groups is 2. The van der Waals surface area contributed by atoms with Gasteiger partial charge >= 0.3 is 0 Å². The molecule has 2 N–H and O–H groups in total. The number of rotatable bonds is 4. The molecular weight excluding hydrogens is 404 g/mol. The van der Waals surface area contributed by atoms with E-state index in [9.17, 15) is 9.59 Å². The number of hydrogen-bond donors (Lipinski definition) is 2. The van der Waals surface area contributed by atoms with E-state index in [1.165, 1.54) is 10.0 Å². The lowest BCUT2D eigenvalue weighted by Crippen LogP contribution is -2.47. The van der Waals surface area contributed by atoms with Crippen LogP contribution in [0.25, 0.3) is 0 Å². The molecule has 0 heterocycles. The predicted octanol–water partition coefficient (Wildman–Crippen LogP) is 3.31. The van der Waals surface area contributed by atoms with E-state index in [2.05, 4.69) is 10.9 Å². The lowest BCUT2D eigenvalue weighted by atomic mass is 10.1. The zero-order valence-corrected chi connectivity index (χ0v) is 18.9. The molecule has 156 valence electrons. The Bertz CT molecular complexity index is 791. The van der Waals surface area contributed by atoms with Gasteiger partial charge in [0, 0.05) is 25.2 Å². The topological polar surface area (TPSA) is 64.7 Å². The van der Waals surface area contributed by atoms with Crippen LogP contribution in [0, 0.1) is 0 Å². The summed E-state index contributed by atoms with van der Waals surface area (Å²) in [5.74, 6) is -0.929. The normalized spacial score (nSPS) is 11.9. The van der Waals surface area contributed by atoms with E-state index in [1.54, 1.807) is 14.1 Å². The zero-order chi connectivity index (χ0) is 21.8. The van der Waals surface area contributed by atoms with Crippen molar-refractivity contribution in [1.82, 2.24) is 20.9 Å². The molecule has 0 aliphatic heterocycles. The first-order chi connectivity index (χ1) is 13.9. The van der Waals surface area contributed by atoms with Crippen molar-refractivity contribution in [3.05, 3.63) is 59.7 Å². The van der Waals surface area contributed by atoms with Crippen molar-refractivity contribution in [3.8, 4) is 0 Å². The van der Waals surface area contributed by atoms with E-state index in [4.69, 9.17) is 24.4 Å². The first-order valence-corrected chi connectivity index (χ1v) is 10.3. The second kappa shape index (κ2) is 12.8. The van der Waals surface area contributed by atoms with Crippen LogP contribution in [0.4, 0.5) is 0 Å². The van der Waals surface area contributed by atoms with Crippen LogP contribution in [0.1, 0.15) is 38.7 Å². The molecule has 1 aromatic rings. The van der Waals surface area contributed by atoms with Crippen LogP contribution in [0.2, 0.25) is 0 Å². The Morgan fingerprint density at radius 2 is 1.48 bits per heavy atom. The molecule has 29 heavy (non-hydrogen) atoms. The molecule has 8 heteroatoms. The Morgan fingerprint density at radius 3 is 2.00 bits per heavy atom. The summed E-state index contributed by atoms with van der Waals surface area (Å²) >= 11 is 10.7. The van der Waals surface area contributed by atoms with Gasteiger partial charge in [-0.15, -0.1) is 0 Å². The number of hydrazine groups is 2. The van der Waals surface area contributed by atoms with E-state index in [1.807, 2.05) is 62.4 Å². The first-order valence-electron chi connectivity index (χ1n) is 9.45. The van der Waals surface area contributed by atoms with Crippen LogP contribution < -0.4 is 10.9 Å². The summed E-state index contributed by atoms with van der Waals surface area (Å²) in [6, 6.07) is 9.31. The number of nitrogens with one attached hydrogen (secondary N) is 2. The van der Waals surface area contributed by atoms with Crippen molar-refractivity contribution in [2.75, 3.05) is 14.1 Å². The van der Waals surface area contributed by atoms with Gasteiger partial charge in [0.25, 0.3) is 0 Å². The second-order valence-electron chi connectivity index (χ2n) is 5.98. The smallest absolute Gasteiger partial charge is 0.248 e. The third kappa shape index (κ3) is 8.13. The van der Waals surface area contributed by atoms with Gasteiger partial charge in [0.2, 0.25) is 11.8 Å². The highest BCUT2D eigenvalue weighted by atomic mass is 32.1. The summed E-state index contributed by atoms with van der Waals surface area (Å²) in [7, 11) is 3.28. The third-order valence-corrected chi connectivity index (χ3v) is 4.80. The minimum atomic E-state index is -0.468. The van der Waals surface area contributed by atoms with Crippen LogP contribution in [0.5, 0.6) is 0 Å². The fourth-order valence-corrected chi connectivity index (χ4v) is 2.82. The summed E-state index contributed by atoms with van der Waals surface area (Å²) < 4.78 is 0. The van der Waals surface area contributed by atoms with Crippen LogP contribution in [-0.4, -0.2) is 45.9 Å². The summed E-state index contributed by atoms with van der Waals surface area (Å²) in [6.45, 7) is 4.00. The molecule has 0 fully saturated rings. The molecular formula is C21H28N4O2S2. The highest BCUT2D eigenvalue weighted by Crippen LogP contribution is 2.12. The minimum Gasteiger partial charge on any atom is -0.277 e. The number of allylic oxidation sites excluding steroid dienone is 2. The molecule has 0 atom stereocenters. The monoisotopic (exact) mass is 432 g/mol. The van der Waals surface area contributed by atoms with Crippen molar-refractivity contribution in [2.24, 2.45) is 0 Å². The Morgan fingerprint density at radius 1 is 0.931 bits per heavy atom. The van der Waals surface area contributed by atoms with Crippen LogP contribution >= 0.6 is 24.4 Å². The maximum absolute atomic E-state index is 12.1. The van der Waals surface area contributed by atoms with Gasteiger partial charge < -0.3 is 0 Å². The Kier molecular flexibility index (Phi) is 10.8. The van der Waals surface area contributed by atoms with Gasteiger partial charge in [-0.3, -0.25) is 30.5 Å². The standard InChI is InChI=1S/C19H22N4O2S2.C2H6/c1-22(18(26)14-9-5-3-6-10-14)20-16(24)13-17(25)21-23(2)19(27)15-11-7-4-8-12-15;1-2/h3,5-7,9-12H,4,8,13H2,1-2H3,(H,20,24)(H,21,25);1-2H3. The quantitative estimate of drug-likeness (QED) is 0.432. The van der Waals surface area contributed by atoms with Gasteiger partial charge in [-0.05, 0) is 12.8 Å². The molecule has 0 bridgehead atoms. The lowest BCUT2D eigenvalue weighted by Gasteiger charge is -2.23. The van der Waals surface area contributed by atoms with Crippen molar-refractivity contribution >= 4 is 46.2 Å². The Hall–Kier alpha value is -2.58. The van der Waals surface area contributed by atoms with Crippen molar-refractivity contribution in [2.45, 2.75) is 33.1 Å². The first kappa shape index (κ1) is 24.5. The molecule has 0 spiro atoms. The molecule has 0 saturated heterocycles. The van der Waals surface area contributed by atoms with Crippen molar-refractivity contribution < 1.29 is 9.59 Å². The van der Waals surface area contributed by atoms with Gasteiger partial charge in [0.1, 0.15) is 16.4 Å². The average Bonchev–Trinajstić information content (AvgIpc) is 2.74.